The van der Waals surface area contributed by atoms with E-state index in [-0.39, 0.29) is 87.3 Å². The fraction of sp³-hybridized carbons (Fsp3) is 0.206. The fourth-order valence-electron chi connectivity index (χ4n) is 7.80. The first-order valence-corrected chi connectivity index (χ1v) is 32.4. The molecule has 0 aliphatic rings. The number of amides is 1. The van der Waals surface area contributed by atoms with E-state index in [9.17, 15) is 48.8 Å². The number of aromatic nitrogens is 3. The number of halogens is 2. The van der Waals surface area contributed by atoms with Gasteiger partial charge in [-0.3, -0.25) is 19.4 Å². The van der Waals surface area contributed by atoms with Gasteiger partial charge in [0.2, 0.25) is 5.91 Å². The summed E-state index contributed by atoms with van der Waals surface area (Å²) < 4.78 is 150. The molecule has 7 aromatic carbocycles. The third-order valence-corrected chi connectivity index (χ3v) is 16.7. The van der Waals surface area contributed by atoms with Crippen LogP contribution in [0.1, 0.15) is 64.0 Å². The second-order valence-corrected chi connectivity index (χ2v) is 24.5. The summed E-state index contributed by atoms with van der Waals surface area (Å²) in [5.41, 5.74) is 9.29. The highest BCUT2D eigenvalue weighted by atomic mass is 35.7. The molecule has 32 nitrogen and oxygen atoms in total. The van der Waals surface area contributed by atoms with Crippen molar-refractivity contribution < 1.29 is 115 Å². The number of anilines is 3. The first kappa shape index (κ1) is 82.7. The van der Waals surface area contributed by atoms with E-state index in [1.807, 2.05) is 0 Å². The number of hydrogen-bond donors (Lipinski definition) is 6. The number of esters is 3. The molecule has 1 amide bonds. The number of aliphatic hydroxyl groups excluding tert-OH is 1. The molecule has 0 aliphatic heterocycles. The molecule has 0 saturated carbocycles. The van der Waals surface area contributed by atoms with Crippen LogP contribution in [0.3, 0.4) is 0 Å². The zero-order chi connectivity index (χ0) is 72.7. The number of nitriles is 1. The Hall–Kier alpha value is -11.5. The lowest BCUT2D eigenvalue weighted by molar-refractivity contribution is -0.126. The monoisotopic (exact) mass is 1470 g/mol. The molecule has 100 heavy (non-hydrogen) atoms. The lowest BCUT2D eigenvalue weighted by Crippen LogP contribution is -2.14. The van der Waals surface area contributed by atoms with Crippen molar-refractivity contribution >= 4 is 114 Å². The third-order valence-electron chi connectivity index (χ3n) is 12.6. The van der Waals surface area contributed by atoms with E-state index >= 15 is 0 Å². The van der Waals surface area contributed by atoms with Gasteiger partial charge in [-0.1, -0.05) is 36.4 Å². The van der Waals surface area contributed by atoms with Crippen molar-refractivity contribution in [3.63, 3.8) is 0 Å². The van der Waals surface area contributed by atoms with Crippen LogP contribution < -0.4 is 49.1 Å². The van der Waals surface area contributed by atoms with Crippen molar-refractivity contribution in [3.05, 3.63) is 161 Å². The minimum Gasteiger partial charge on any atom is -0.497 e. The molecule has 37 heteroatoms. The number of rotatable bonds is 17. The largest absolute Gasteiger partial charge is 0.497 e. The van der Waals surface area contributed by atoms with E-state index in [4.69, 9.17) is 74.0 Å². The number of aliphatic hydroxyl groups is 1. The van der Waals surface area contributed by atoms with E-state index in [0.717, 1.165) is 6.07 Å². The molecule has 3 aromatic heterocycles. The standard InChI is InChI=1S/C17H16N2O7S.C16H16N2O6S.C9H6FNO2.C9H8N2O3.C8H9ClO4S.C2H5NO2.2CH4/c1-23-11-5-7-15(14(9-11)24-2)27(21,22)19-16-12-6-4-10(17(20)25-3)8-13(12)26-18-16;1-22-11-4-6-15(14(8-11)23-2)25(20,21)18-16-12-5-3-10(9-19)7-13(12)24-17-16;1-13-9(12)6-2-3-7(5-11)8(10)4-6;1-13-9(12)5-2-3-6-7(4-5)14-11-8(6)10;1-12-6-3-4-8(14(9,10)11)7(5-6)13-2;1-2(4)3-5;;/h4-9H,1-3H3,(H,18,19);3-8,19H,9H2,1-2H3,(H,17,18);2-4H,1H3;2-4H,1H3,(H2,10,11);3-5H,1-2H3;5H,1H3,(H,3,4);2*1H4. The van der Waals surface area contributed by atoms with Crippen LogP contribution in [0, 0.1) is 17.1 Å². The number of hydroxylamine groups is 1. The van der Waals surface area contributed by atoms with Gasteiger partial charge in [-0.2, -0.15) is 5.26 Å². The molecule has 3 heterocycles. The maximum atomic E-state index is 12.9. The highest BCUT2D eigenvalue weighted by molar-refractivity contribution is 8.13. The van der Waals surface area contributed by atoms with Crippen molar-refractivity contribution in [3.8, 4) is 40.6 Å². The number of carbonyl (C=O) groups is 4. The van der Waals surface area contributed by atoms with E-state index in [0.29, 0.717) is 61.5 Å². The quantitative estimate of drug-likeness (QED) is 0.0162. The van der Waals surface area contributed by atoms with Crippen molar-refractivity contribution in [1.29, 1.82) is 5.26 Å². The lowest BCUT2D eigenvalue weighted by Gasteiger charge is -2.11. The number of methoxy groups -OCH3 is 9. The number of hydrogen-bond acceptors (Lipinski definition) is 29. The Balaban J connectivity index is 0.000000328. The van der Waals surface area contributed by atoms with Gasteiger partial charge in [0, 0.05) is 35.8 Å². The average Bonchev–Trinajstić information content (AvgIpc) is 1.48. The summed E-state index contributed by atoms with van der Waals surface area (Å²) in [6.07, 6.45) is 0. The van der Waals surface area contributed by atoms with Crippen LogP contribution in [-0.4, -0.2) is 139 Å². The first-order valence-electron chi connectivity index (χ1n) is 27.1. The number of nitrogens with one attached hydrogen (secondary N) is 3. The van der Waals surface area contributed by atoms with E-state index in [1.54, 1.807) is 42.5 Å². The molecule has 10 aromatic rings. The number of sulfonamides is 2. The number of benzene rings is 7. The smallest absolute Gasteiger partial charge is 0.337 e. The van der Waals surface area contributed by atoms with Gasteiger partial charge < -0.3 is 67.0 Å². The van der Waals surface area contributed by atoms with Gasteiger partial charge in [0.25, 0.3) is 29.1 Å². The highest BCUT2D eigenvalue weighted by Crippen LogP contribution is 2.35. The van der Waals surface area contributed by atoms with Crippen molar-refractivity contribution in [2.24, 2.45) is 0 Å². The number of ether oxygens (including phenoxy) is 9. The molecule has 0 bridgehead atoms. The molecule has 0 unspecified atom stereocenters. The molecular weight excluding hydrogens is 1400 g/mol. The molecule has 0 radical (unpaired) electrons. The minimum atomic E-state index is -4.02. The number of carbonyl (C=O) groups excluding carboxylic acids is 4. The van der Waals surface area contributed by atoms with Crippen molar-refractivity contribution in [2.45, 2.75) is 43.1 Å². The molecule has 7 N–H and O–H groups in total. The molecule has 536 valence electrons. The van der Waals surface area contributed by atoms with E-state index in [1.165, 1.54) is 161 Å². The zero-order valence-corrected chi connectivity index (χ0v) is 56.3. The molecule has 0 fully saturated rings. The molecule has 0 atom stereocenters. The summed E-state index contributed by atoms with van der Waals surface area (Å²) in [6, 6.07) is 32.3. The van der Waals surface area contributed by atoms with Crippen LogP contribution in [0.25, 0.3) is 32.9 Å². The Labute approximate surface area is 576 Å². The second kappa shape index (κ2) is 37.9. The Morgan fingerprint density at radius 1 is 0.530 bits per heavy atom. The molecular formula is C63H68ClFN8O24S3. The minimum absolute atomic E-state index is 0. The van der Waals surface area contributed by atoms with Crippen LogP contribution in [0.4, 0.5) is 21.8 Å². The average molecular weight is 1470 g/mol. The maximum absolute atomic E-state index is 12.9. The van der Waals surface area contributed by atoms with Crippen LogP contribution in [0.2, 0.25) is 0 Å². The van der Waals surface area contributed by atoms with Crippen LogP contribution in [0.5, 0.6) is 34.5 Å². The lowest BCUT2D eigenvalue weighted by atomic mass is 10.1. The normalized spacial score (nSPS) is 10.4. The van der Waals surface area contributed by atoms with Crippen LogP contribution >= 0.6 is 10.7 Å². The maximum Gasteiger partial charge on any atom is 0.337 e. The summed E-state index contributed by atoms with van der Waals surface area (Å²) in [7, 11) is 5.72. The molecule has 0 saturated heterocycles. The van der Waals surface area contributed by atoms with Crippen LogP contribution in [0.15, 0.2) is 156 Å². The topological polar surface area (TPSA) is 458 Å². The summed E-state index contributed by atoms with van der Waals surface area (Å²) in [6.45, 7) is 1.07. The van der Waals surface area contributed by atoms with Gasteiger partial charge in [0.15, 0.2) is 34.2 Å². The van der Waals surface area contributed by atoms with Gasteiger partial charge in [-0.05, 0) is 109 Å². The highest BCUT2D eigenvalue weighted by Gasteiger charge is 2.26. The summed E-state index contributed by atoms with van der Waals surface area (Å²) in [5.74, 6) is -0.533. The van der Waals surface area contributed by atoms with Crippen molar-refractivity contribution in [2.75, 3.05) is 79.2 Å². The third kappa shape index (κ3) is 21.8. The van der Waals surface area contributed by atoms with Gasteiger partial charge in [-0.25, -0.2) is 49.5 Å². The predicted octanol–water partition coefficient (Wildman–Crippen LogP) is 9.67. The number of fused-ring (bicyclic) bond motifs is 3. The predicted molar refractivity (Wildman–Crippen MR) is 360 cm³/mol. The number of nitrogens with zero attached hydrogens (tertiary/aromatic N) is 4. The molecule has 0 spiro atoms. The van der Waals surface area contributed by atoms with E-state index < -0.39 is 58.7 Å². The Morgan fingerprint density at radius 3 is 1.26 bits per heavy atom. The van der Waals surface area contributed by atoms with Gasteiger partial charge in [0.1, 0.15) is 61.1 Å². The second-order valence-electron chi connectivity index (χ2n) is 18.7. The first-order chi connectivity index (χ1) is 46.5. The van der Waals surface area contributed by atoms with Crippen LogP contribution in [-0.2, 0) is 54.7 Å². The van der Waals surface area contributed by atoms with E-state index in [2.05, 4.69) is 39.1 Å². The SMILES string of the molecule is C.C.CC(=O)NO.COC(=O)c1ccc(C#N)c(F)c1.COC(=O)c1ccc2c(N)noc2c1.COC(=O)c1ccc2c(NS(=O)(=O)c3ccc(OC)cc3OC)noc2c1.COc1ccc(S(=O)(=O)Cl)c(OC)c1.COc1ccc(S(=O)(=O)Nc2noc3cc(CO)ccc23)c(OC)c1. The van der Waals surface area contributed by atoms with Crippen molar-refractivity contribution in [1.82, 2.24) is 21.0 Å². The summed E-state index contributed by atoms with van der Waals surface area (Å²) >= 11 is 0. The Kier molecular flexibility index (Phi) is 31.3. The Bertz CT molecular complexity index is 4890. The summed E-state index contributed by atoms with van der Waals surface area (Å²) in [5, 5.41) is 37.7. The number of nitrogen functional groups attached to an aromatic ring is 1. The zero-order valence-electron chi connectivity index (χ0n) is 53.1. The molecule has 0 aliphatic carbocycles. The van der Waals surface area contributed by atoms with Gasteiger partial charge >= 0.3 is 17.9 Å². The van der Waals surface area contributed by atoms with Gasteiger partial charge in [-0.15, -0.1) is 0 Å². The van der Waals surface area contributed by atoms with Gasteiger partial charge in [0.05, 0.1) is 109 Å². The number of nitrogens with two attached hydrogens (primary N) is 1. The summed E-state index contributed by atoms with van der Waals surface area (Å²) in [4.78, 5) is 42.9. The Morgan fingerprint density at radius 2 is 0.890 bits per heavy atom. The fourth-order valence-corrected chi connectivity index (χ4v) is 11.1. The molecule has 10 rings (SSSR count).